The van der Waals surface area contributed by atoms with E-state index < -0.39 is 23.5 Å². The molecule has 2 aliphatic rings. The van der Waals surface area contributed by atoms with Crippen molar-refractivity contribution in [3.63, 3.8) is 0 Å². The van der Waals surface area contributed by atoms with Crippen molar-refractivity contribution in [2.24, 2.45) is 5.92 Å². The van der Waals surface area contributed by atoms with Crippen molar-refractivity contribution in [1.29, 1.82) is 5.26 Å². The second-order valence-corrected chi connectivity index (χ2v) is 14.4. The maximum atomic E-state index is 14.1. The fourth-order valence-electron chi connectivity index (χ4n) is 7.43. The first kappa shape index (κ1) is 35.7. The summed E-state index contributed by atoms with van der Waals surface area (Å²) in [5.74, 6) is 0.0196. The molecule has 0 unspecified atom stereocenters. The number of benzene rings is 2. The van der Waals surface area contributed by atoms with E-state index in [-0.39, 0.29) is 34.9 Å². The van der Waals surface area contributed by atoms with E-state index in [1.54, 1.807) is 37.3 Å². The Labute approximate surface area is 294 Å². The zero-order valence-electron chi connectivity index (χ0n) is 29.2. The van der Waals surface area contributed by atoms with E-state index in [1.165, 1.54) is 23.0 Å². The molecule has 0 atom stereocenters. The van der Waals surface area contributed by atoms with Crippen LogP contribution in [0.25, 0.3) is 22.8 Å². The molecule has 2 aromatic carbocycles. The van der Waals surface area contributed by atoms with Gasteiger partial charge in [0, 0.05) is 37.9 Å². The Balaban J connectivity index is 1.28. The summed E-state index contributed by atoms with van der Waals surface area (Å²) in [6, 6.07) is 14.1. The third-order valence-electron chi connectivity index (χ3n) is 10.3. The molecule has 0 bridgehead atoms. The monoisotopic (exact) mass is 703 g/mol. The molecule has 11 nitrogen and oxygen atoms in total. The number of rotatable bonds is 6. The Morgan fingerprint density at radius 3 is 2.22 bits per heavy atom. The Kier molecular flexibility index (Phi) is 9.69. The zero-order valence-corrected chi connectivity index (χ0v) is 29.2. The molecule has 0 spiro atoms. The number of amides is 2. The Morgan fingerprint density at radius 1 is 0.941 bits per heavy atom. The van der Waals surface area contributed by atoms with Gasteiger partial charge in [0.15, 0.2) is 0 Å². The summed E-state index contributed by atoms with van der Waals surface area (Å²) < 4.78 is 45.5. The number of carbonyl (C=O) groups is 2. The summed E-state index contributed by atoms with van der Waals surface area (Å²) in [6.45, 7) is 3.04. The van der Waals surface area contributed by atoms with Gasteiger partial charge in [0.25, 0.3) is 0 Å². The highest BCUT2D eigenvalue weighted by molar-refractivity contribution is 5.84. The highest BCUT2D eigenvalue weighted by Gasteiger charge is 2.36. The van der Waals surface area contributed by atoms with Crippen LogP contribution in [0.2, 0.25) is 0 Å². The first-order valence-corrected chi connectivity index (χ1v) is 17.1. The number of likely N-dealkylation sites (tertiary alicyclic amines) is 1. The molecule has 1 aliphatic heterocycles. The van der Waals surface area contributed by atoms with Gasteiger partial charge in [-0.1, -0.05) is 6.07 Å². The zero-order chi connectivity index (χ0) is 36.7. The van der Waals surface area contributed by atoms with E-state index in [4.69, 9.17) is 0 Å². The van der Waals surface area contributed by atoms with E-state index >= 15 is 0 Å². The highest BCUT2D eigenvalue weighted by atomic mass is 19.4. The molecular formula is C37H42F3N8O3+. The van der Waals surface area contributed by atoms with E-state index in [0.29, 0.717) is 48.7 Å². The van der Waals surface area contributed by atoms with Crippen LogP contribution in [0.15, 0.2) is 65.6 Å². The van der Waals surface area contributed by atoms with Crippen LogP contribution in [0.3, 0.4) is 0 Å². The molecule has 14 heteroatoms. The smallest absolute Gasteiger partial charge is 0.342 e. The first-order valence-electron chi connectivity index (χ1n) is 17.1. The van der Waals surface area contributed by atoms with Crippen molar-refractivity contribution in [2.75, 3.05) is 34.2 Å². The number of carbonyl (C=O) groups excluding carboxylic acids is 2. The van der Waals surface area contributed by atoms with Crippen molar-refractivity contribution in [2.45, 2.75) is 63.7 Å². The lowest BCUT2D eigenvalue weighted by molar-refractivity contribution is -0.897. The van der Waals surface area contributed by atoms with Crippen molar-refractivity contribution in [1.82, 2.24) is 29.1 Å². The second-order valence-electron chi connectivity index (χ2n) is 14.4. The van der Waals surface area contributed by atoms with Gasteiger partial charge in [0.1, 0.15) is 5.69 Å². The number of nitriles is 1. The Bertz CT molecular complexity index is 2020. The van der Waals surface area contributed by atoms with E-state index in [1.807, 2.05) is 4.90 Å². The lowest BCUT2D eigenvalue weighted by Gasteiger charge is -2.41. The number of nitrogens with one attached hydrogen (secondary N) is 1. The molecule has 3 heterocycles. The number of hydrogen-bond donors (Lipinski definition) is 1. The van der Waals surface area contributed by atoms with Gasteiger partial charge in [-0.25, -0.2) is 18.8 Å². The SMILES string of the molecule is Cc1c(-c2ccnn2-c2ccc(C#N)cc2)n(C(=O)N[C@H]2CC[C@H](C(=O)N3CCC([N+](C)(C)C)CC3)CC2)c(=O)n1-c1cccc(C(F)(F)F)c1. The normalized spacial score (nSPS) is 18.7. The van der Waals surface area contributed by atoms with Crippen LogP contribution in [-0.2, 0) is 11.0 Å². The highest BCUT2D eigenvalue weighted by Crippen LogP contribution is 2.33. The predicted octanol–water partition coefficient (Wildman–Crippen LogP) is 5.50. The molecule has 51 heavy (non-hydrogen) atoms. The van der Waals surface area contributed by atoms with E-state index in [2.05, 4.69) is 37.6 Å². The quantitative estimate of drug-likeness (QED) is 0.266. The van der Waals surface area contributed by atoms with Gasteiger partial charge < -0.3 is 14.7 Å². The van der Waals surface area contributed by atoms with Crippen LogP contribution < -0.4 is 11.0 Å². The summed E-state index contributed by atoms with van der Waals surface area (Å²) in [5, 5.41) is 16.6. The summed E-state index contributed by atoms with van der Waals surface area (Å²) >= 11 is 0. The predicted molar refractivity (Wildman–Crippen MR) is 184 cm³/mol. The average Bonchev–Trinajstić information content (AvgIpc) is 3.69. The summed E-state index contributed by atoms with van der Waals surface area (Å²) in [4.78, 5) is 43.6. The van der Waals surface area contributed by atoms with Crippen LogP contribution in [0.4, 0.5) is 18.0 Å². The van der Waals surface area contributed by atoms with E-state index in [9.17, 15) is 32.8 Å². The molecule has 1 saturated carbocycles. The molecule has 0 radical (unpaired) electrons. The standard InChI is InChI=1S/C37H41F3N8O3/c1-24-33(32-16-19-42-47(32)29-14-8-25(23-41)9-15-29)46(36(51)45(24)30-7-5-6-27(22-30)37(38,39)40)35(50)43-28-12-10-26(11-13-28)34(49)44-20-17-31(18-21-44)48(2,3)4/h5-9,14-16,19,22,26,28,31H,10-13,17-18,20-21H2,1-4H3/p+1/t26-,28-. The van der Waals surface area contributed by atoms with Crippen molar-refractivity contribution < 1.29 is 27.2 Å². The number of piperidine rings is 1. The van der Waals surface area contributed by atoms with Gasteiger partial charge in [-0.05, 0) is 81.1 Å². The third kappa shape index (κ3) is 7.21. The lowest BCUT2D eigenvalue weighted by Crippen LogP contribution is -2.53. The molecule has 1 saturated heterocycles. The van der Waals surface area contributed by atoms with E-state index in [0.717, 1.165) is 51.7 Å². The molecule has 2 aromatic heterocycles. The summed E-state index contributed by atoms with van der Waals surface area (Å²) in [5.41, 5.74) is -0.121. The minimum Gasteiger partial charge on any atom is -0.342 e. The van der Waals surface area contributed by atoms with Crippen LogP contribution >= 0.6 is 0 Å². The minimum atomic E-state index is -4.65. The van der Waals surface area contributed by atoms with Crippen LogP contribution in [0, 0.1) is 24.2 Å². The number of halogens is 3. The largest absolute Gasteiger partial charge is 0.416 e. The Hall–Kier alpha value is -5.16. The summed E-state index contributed by atoms with van der Waals surface area (Å²) in [6.07, 6.45) is 1.03. The molecule has 1 aliphatic carbocycles. The number of hydrogen-bond acceptors (Lipinski definition) is 5. The minimum absolute atomic E-state index is 0.0472. The number of alkyl halides is 3. The maximum Gasteiger partial charge on any atom is 0.416 e. The molecule has 1 N–H and O–H groups in total. The fourth-order valence-corrected chi connectivity index (χ4v) is 7.43. The lowest BCUT2D eigenvalue weighted by atomic mass is 9.84. The van der Waals surface area contributed by atoms with Crippen molar-refractivity contribution in [3.05, 3.63) is 88.1 Å². The van der Waals surface area contributed by atoms with Gasteiger partial charge in [-0.15, -0.1) is 0 Å². The number of aromatic nitrogens is 4. The van der Waals surface area contributed by atoms with Crippen LogP contribution in [0.1, 0.15) is 55.3 Å². The van der Waals surface area contributed by atoms with Crippen molar-refractivity contribution >= 4 is 11.9 Å². The fraction of sp³-hybridized carbons (Fsp3) is 0.432. The van der Waals surface area contributed by atoms with Crippen LogP contribution in [-0.4, -0.2) is 86.6 Å². The van der Waals surface area contributed by atoms with Gasteiger partial charge in [-0.3, -0.25) is 9.36 Å². The van der Waals surface area contributed by atoms with Gasteiger partial charge in [0.05, 0.1) is 73.3 Å². The second kappa shape index (κ2) is 13.9. The first-order chi connectivity index (χ1) is 24.2. The molecule has 2 fully saturated rings. The van der Waals surface area contributed by atoms with Crippen molar-refractivity contribution in [3.8, 4) is 28.8 Å². The Morgan fingerprint density at radius 2 is 1.61 bits per heavy atom. The van der Waals surface area contributed by atoms with Gasteiger partial charge in [-0.2, -0.15) is 23.5 Å². The van der Waals surface area contributed by atoms with Gasteiger partial charge in [0.2, 0.25) is 5.91 Å². The topological polar surface area (TPSA) is 118 Å². The molecule has 4 aromatic rings. The number of nitrogens with zero attached hydrogens (tertiary/aromatic N) is 7. The van der Waals surface area contributed by atoms with Gasteiger partial charge >= 0.3 is 17.9 Å². The average molecular weight is 704 g/mol. The molecule has 268 valence electrons. The molecule has 2 amide bonds. The van der Waals surface area contributed by atoms with Crippen LogP contribution in [0.5, 0.6) is 0 Å². The third-order valence-corrected chi connectivity index (χ3v) is 10.3. The maximum absolute atomic E-state index is 14.1. The number of imidazole rings is 1. The number of quaternary nitrogens is 1. The molecular weight excluding hydrogens is 661 g/mol. The molecule has 6 rings (SSSR count). The summed E-state index contributed by atoms with van der Waals surface area (Å²) in [7, 11) is 6.54.